The highest BCUT2D eigenvalue weighted by molar-refractivity contribution is 5.07. The second-order valence-electron chi connectivity index (χ2n) is 4.98. The highest BCUT2D eigenvalue weighted by atomic mass is 16.3. The van der Waals surface area contributed by atoms with Gasteiger partial charge in [0.05, 0.1) is 12.0 Å². The summed E-state index contributed by atoms with van der Waals surface area (Å²) in [6, 6.07) is 2.39. The van der Waals surface area contributed by atoms with Gasteiger partial charge in [-0.05, 0) is 30.1 Å². The Bertz CT molecular complexity index is 229. The second kappa shape index (κ2) is 3.31. The summed E-state index contributed by atoms with van der Waals surface area (Å²) < 4.78 is 0. The normalized spacial score (nSPS) is 37.3. The molecule has 74 valence electrons. The van der Waals surface area contributed by atoms with E-state index in [1.807, 2.05) is 0 Å². The van der Waals surface area contributed by atoms with Crippen LogP contribution in [0.4, 0.5) is 0 Å². The zero-order valence-corrected chi connectivity index (χ0v) is 8.80. The molecule has 0 spiro atoms. The first kappa shape index (κ1) is 10.5. The summed E-state index contributed by atoms with van der Waals surface area (Å²) in [7, 11) is 0. The molecule has 1 saturated carbocycles. The van der Waals surface area contributed by atoms with Crippen LogP contribution in [0.5, 0.6) is 0 Å². The lowest BCUT2D eigenvalue weighted by Gasteiger charge is -2.39. The van der Waals surface area contributed by atoms with Gasteiger partial charge in [0.2, 0.25) is 0 Å². The predicted octanol–water partition coefficient (Wildman–Crippen LogP) is 2.33. The monoisotopic (exact) mass is 181 g/mol. The molecule has 13 heavy (non-hydrogen) atoms. The molecule has 0 aromatic rings. The van der Waals surface area contributed by atoms with E-state index in [4.69, 9.17) is 10.4 Å². The van der Waals surface area contributed by atoms with Gasteiger partial charge in [-0.1, -0.05) is 20.8 Å². The Balaban J connectivity index is 2.87. The van der Waals surface area contributed by atoms with Crippen LogP contribution in [0, 0.1) is 28.1 Å². The third-order valence-electron chi connectivity index (χ3n) is 4.23. The molecule has 0 aromatic carbocycles. The highest BCUT2D eigenvalue weighted by Crippen LogP contribution is 2.57. The second-order valence-corrected chi connectivity index (χ2v) is 4.98. The Morgan fingerprint density at radius 2 is 2.08 bits per heavy atom. The lowest BCUT2D eigenvalue weighted by Crippen LogP contribution is -2.34. The number of hydrogen-bond acceptors (Lipinski definition) is 2. The van der Waals surface area contributed by atoms with Crippen molar-refractivity contribution in [2.75, 3.05) is 6.61 Å². The van der Waals surface area contributed by atoms with Gasteiger partial charge in [0.15, 0.2) is 0 Å². The number of aliphatic hydroxyl groups is 1. The van der Waals surface area contributed by atoms with Crippen molar-refractivity contribution in [3.63, 3.8) is 0 Å². The summed E-state index contributed by atoms with van der Waals surface area (Å²) in [5, 5.41) is 18.0. The van der Waals surface area contributed by atoms with Crippen LogP contribution in [-0.2, 0) is 0 Å². The van der Waals surface area contributed by atoms with Gasteiger partial charge in [-0.15, -0.1) is 0 Å². The average Bonchev–Trinajstić information content (AvgIpc) is 2.25. The topological polar surface area (TPSA) is 44.0 Å². The minimum Gasteiger partial charge on any atom is -0.396 e. The fraction of sp³-hybridized carbons (Fsp3) is 0.909. The van der Waals surface area contributed by atoms with Gasteiger partial charge < -0.3 is 5.11 Å². The van der Waals surface area contributed by atoms with Crippen molar-refractivity contribution >= 4 is 0 Å². The summed E-state index contributed by atoms with van der Waals surface area (Å²) in [4.78, 5) is 0. The maximum atomic E-state index is 9.00. The maximum absolute atomic E-state index is 9.00. The van der Waals surface area contributed by atoms with Crippen molar-refractivity contribution in [2.24, 2.45) is 16.7 Å². The maximum Gasteiger partial charge on any atom is 0.0661 e. The van der Waals surface area contributed by atoms with E-state index in [1.54, 1.807) is 0 Å². The molecule has 0 heterocycles. The molecule has 2 heteroatoms. The van der Waals surface area contributed by atoms with Crippen molar-refractivity contribution in [2.45, 2.75) is 40.0 Å². The van der Waals surface area contributed by atoms with Gasteiger partial charge in [-0.2, -0.15) is 5.26 Å². The molecule has 1 aliphatic carbocycles. The zero-order valence-electron chi connectivity index (χ0n) is 8.80. The lowest BCUT2D eigenvalue weighted by atomic mass is 9.64. The molecule has 0 bridgehead atoms. The molecule has 0 aliphatic heterocycles. The van der Waals surface area contributed by atoms with Gasteiger partial charge in [0.1, 0.15) is 0 Å². The Morgan fingerprint density at radius 1 is 1.46 bits per heavy atom. The quantitative estimate of drug-likeness (QED) is 0.710. The molecule has 1 rings (SSSR count). The fourth-order valence-corrected chi connectivity index (χ4v) is 2.49. The minimum atomic E-state index is 0.0461. The van der Waals surface area contributed by atoms with Gasteiger partial charge in [0.25, 0.3) is 0 Å². The number of nitrogens with zero attached hydrogens (tertiary/aromatic N) is 1. The van der Waals surface area contributed by atoms with Crippen molar-refractivity contribution in [3.8, 4) is 6.07 Å². The van der Waals surface area contributed by atoms with Crippen molar-refractivity contribution in [1.82, 2.24) is 0 Å². The molecule has 1 unspecified atom stereocenters. The molecule has 1 aliphatic rings. The summed E-state index contributed by atoms with van der Waals surface area (Å²) in [6.07, 6.45) is 2.87. The minimum absolute atomic E-state index is 0.0461. The molecule has 0 aromatic heterocycles. The van der Waals surface area contributed by atoms with Gasteiger partial charge in [0, 0.05) is 6.61 Å². The zero-order chi connectivity index (χ0) is 10.1. The predicted molar refractivity (Wildman–Crippen MR) is 51.9 cm³/mol. The first-order valence-electron chi connectivity index (χ1n) is 4.98. The van der Waals surface area contributed by atoms with E-state index in [-0.39, 0.29) is 23.4 Å². The molecular formula is C11H19NO. The van der Waals surface area contributed by atoms with Crippen LogP contribution in [0.15, 0.2) is 0 Å². The van der Waals surface area contributed by atoms with E-state index in [0.29, 0.717) is 0 Å². The van der Waals surface area contributed by atoms with Gasteiger partial charge in [-0.3, -0.25) is 0 Å². The van der Waals surface area contributed by atoms with E-state index in [2.05, 4.69) is 26.8 Å². The first-order chi connectivity index (χ1) is 5.98. The third kappa shape index (κ3) is 1.46. The van der Waals surface area contributed by atoms with Crippen molar-refractivity contribution < 1.29 is 5.11 Å². The molecule has 1 fully saturated rings. The number of nitriles is 1. The molecule has 2 nitrogen and oxygen atoms in total. The lowest BCUT2D eigenvalue weighted by molar-refractivity contribution is 0.0735. The van der Waals surface area contributed by atoms with Gasteiger partial charge >= 0.3 is 0 Å². The molecule has 0 radical (unpaired) electrons. The largest absolute Gasteiger partial charge is 0.396 e. The van der Waals surface area contributed by atoms with Crippen LogP contribution >= 0.6 is 0 Å². The first-order valence-corrected chi connectivity index (χ1v) is 4.98. The third-order valence-corrected chi connectivity index (χ3v) is 4.23. The number of rotatable bonds is 2. The summed E-state index contributed by atoms with van der Waals surface area (Å²) in [5.41, 5.74) is 0.187. The molecule has 1 N–H and O–H groups in total. The molecule has 0 amide bonds. The number of hydrogen-bond donors (Lipinski definition) is 1. The highest BCUT2D eigenvalue weighted by Gasteiger charge is 2.50. The van der Waals surface area contributed by atoms with Crippen LogP contribution in [0.25, 0.3) is 0 Å². The average molecular weight is 181 g/mol. The smallest absolute Gasteiger partial charge is 0.0661 e. The van der Waals surface area contributed by atoms with E-state index in [9.17, 15) is 0 Å². The van der Waals surface area contributed by atoms with Crippen molar-refractivity contribution in [1.29, 1.82) is 5.26 Å². The van der Waals surface area contributed by atoms with Crippen LogP contribution in [0.3, 0.4) is 0 Å². The Morgan fingerprint density at radius 3 is 2.46 bits per heavy atom. The van der Waals surface area contributed by atoms with E-state index in [0.717, 1.165) is 19.3 Å². The van der Waals surface area contributed by atoms with Gasteiger partial charge in [-0.25, -0.2) is 0 Å². The van der Waals surface area contributed by atoms with Crippen molar-refractivity contribution in [3.05, 3.63) is 0 Å². The SMILES string of the molecule is CC1(C)C(C#N)CC[C@@]1(C)CCO. The van der Waals surface area contributed by atoms with E-state index < -0.39 is 0 Å². The summed E-state index contributed by atoms with van der Waals surface area (Å²) in [5.74, 6) is 0.157. The van der Waals surface area contributed by atoms with Crippen LogP contribution in [-0.4, -0.2) is 11.7 Å². The van der Waals surface area contributed by atoms with E-state index >= 15 is 0 Å². The van der Waals surface area contributed by atoms with E-state index in [1.165, 1.54) is 0 Å². The van der Waals surface area contributed by atoms with Crippen LogP contribution in [0.2, 0.25) is 0 Å². The summed E-state index contributed by atoms with van der Waals surface area (Å²) >= 11 is 0. The van der Waals surface area contributed by atoms with Crippen LogP contribution in [0.1, 0.15) is 40.0 Å². The van der Waals surface area contributed by atoms with Crippen LogP contribution < -0.4 is 0 Å². The molecule has 2 atom stereocenters. The Hall–Kier alpha value is -0.550. The molecular weight excluding hydrogens is 162 g/mol. The summed E-state index contributed by atoms with van der Waals surface area (Å²) in [6.45, 7) is 6.74. The Kier molecular flexibility index (Phi) is 2.68. The number of aliphatic hydroxyl groups excluding tert-OH is 1. The molecule has 0 saturated heterocycles. The standard InChI is InChI=1S/C11H19NO/c1-10(2)9(8-12)4-5-11(10,3)6-7-13/h9,13H,4-7H2,1-3H3/t9?,11-/m0/s1. The Labute approximate surface area is 80.6 Å². The fourth-order valence-electron chi connectivity index (χ4n) is 2.49.